The van der Waals surface area contributed by atoms with Crippen molar-refractivity contribution in [2.24, 2.45) is 0 Å². The zero-order valence-corrected chi connectivity index (χ0v) is 16.3. The van der Waals surface area contributed by atoms with Crippen molar-refractivity contribution >= 4 is 48.4 Å². The van der Waals surface area contributed by atoms with E-state index >= 15 is 0 Å². The van der Waals surface area contributed by atoms with Gasteiger partial charge in [0.15, 0.2) is 0 Å². The van der Waals surface area contributed by atoms with Crippen molar-refractivity contribution < 1.29 is 23.9 Å². The molecule has 0 aliphatic heterocycles. The maximum absolute atomic E-state index is 11.1. The molecular formula is C14H18As2N2O6. The summed E-state index contributed by atoms with van der Waals surface area (Å²) in [7, 11) is 0. The van der Waals surface area contributed by atoms with E-state index in [-0.39, 0.29) is 8.70 Å². The van der Waals surface area contributed by atoms with Crippen LogP contribution in [0.5, 0.6) is 0 Å². The molecular weight excluding hydrogens is 442 g/mol. The molecule has 2 aromatic carbocycles. The molecule has 0 aliphatic carbocycles. The monoisotopic (exact) mass is 460 g/mol. The van der Waals surface area contributed by atoms with Gasteiger partial charge in [-0.3, -0.25) is 0 Å². The summed E-state index contributed by atoms with van der Waals surface area (Å²) in [5.74, 6) is 0. The number of rotatable bonds is 7. The van der Waals surface area contributed by atoms with Crippen molar-refractivity contribution in [2.75, 3.05) is 23.7 Å². The second-order valence-electron chi connectivity index (χ2n) is 5.04. The van der Waals surface area contributed by atoms with Crippen LogP contribution in [-0.2, 0) is 7.48 Å². The Bertz CT molecular complexity index is 699. The molecule has 0 fully saturated rings. The first kappa shape index (κ1) is 18.9. The fraction of sp³-hybridized carbons (Fsp3) is 0.143. The Morgan fingerprint density at radius 3 is 1.17 bits per heavy atom. The molecule has 0 radical (unpaired) electrons. The van der Waals surface area contributed by atoms with Gasteiger partial charge in [0.25, 0.3) is 0 Å². The van der Waals surface area contributed by atoms with Crippen LogP contribution in [0.1, 0.15) is 0 Å². The van der Waals surface area contributed by atoms with Crippen LogP contribution < -0.4 is 19.3 Å². The SMILES string of the molecule is O=[As](O)(O)c1ccc(NCCNc2ccc([As](=O)(O)O)cc2)cc1. The molecule has 0 saturated heterocycles. The van der Waals surface area contributed by atoms with E-state index in [1.54, 1.807) is 24.3 Å². The summed E-state index contributed by atoms with van der Waals surface area (Å²) >= 11 is -9.67. The van der Waals surface area contributed by atoms with E-state index < -0.39 is 28.3 Å². The zero-order chi connectivity index (χ0) is 17.8. The van der Waals surface area contributed by atoms with Gasteiger partial charge in [-0.25, -0.2) is 0 Å². The van der Waals surface area contributed by atoms with Crippen molar-refractivity contribution in [3.8, 4) is 0 Å². The Labute approximate surface area is 144 Å². The first-order valence-electron chi connectivity index (χ1n) is 6.96. The molecule has 0 unspecified atom stereocenters. The molecule has 10 heteroatoms. The average Bonchev–Trinajstić information content (AvgIpc) is 2.51. The van der Waals surface area contributed by atoms with Gasteiger partial charge >= 0.3 is 145 Å². The van der Waals surface area contributed by atoms with Gasteiger partial charge in [0.2, 0.25) is 0 Å². The van der Waals surface area contributed by atoms with E-state index in [0.29, 0.717) is 13.1 Å². The Morgan fingerprint density at radius 2 is 0.917 bits per heavy atom. The maximum atomic E-state index is 11.1. The molecule has 0 aromatic heterocycles. The van der Waals surface area contributed by atoms with Gasteiger partial charge < -0.3 is 0 Å². The summed E-state index contributed by atoms with van der Waals surface area (Å²) in [6.07, 6.45) is 0. The van der Waals surface area contributed by atoms with Crippen LogP contribution >= 0.6 is 0 Å². The molecule has 0 spiro atoms. The minimum absolute atomic E-state index is 0.0310. The number of hydrogen-bond acceptors (Lipinski definition) is 4. The summed E-state index contributed by atoms with van der Waals surface area (Å²) < 4.78 is 58.6. The average molecular weight is 460 g/mol. The predicted octanol–water partition coefficient (Wildman–Crippen LogP) is -1.67. The summed E-state index contributed by atoms with van der Waals surface area (Å²) in [6.45, 7) is 1.12. The third-order valence-electron chi connectivity index (χ3n) is 3.19. The van der Waals surface area contributed by atoms with Gasteiger partial charge in [-0.1, -0.05) is 0 Å². The number of anilines is 2. The second-order valence-corrected chi connectivity index (χ2v) is 11.8. The standard InChI is InChI=1S/C14H18As2N2O6/c19-15(20,21)11-1-5-13(6-2-11)17-9-10-18-14-7-3-12(4-8-14)16(22,23)24/h1-8,17-18H,9-10H2,(H2,19,20,21)(H2,22,23,24). The van der Waals surface area contributed by atoms with E-state index in [1.165, 1.54) is 24.3 Å². The van der Waals surface area contributed by atoms with Crippen molar-refractivity contribution in [1.82, 2.24) is 0 Å². The molecule has 130 valence electrons. The van der Waals surface area contributed by atoms with Crippen LogP contribution in [-0.4, -0.2) is 57.8 Å². The van der Waals surface area contributed by atoms with Gasteiger partial charge in [0, 0.05) is 0 Å². The summed E-state index contributed by atoms with van der Waals surface area (Å²) in [5.41, 5.74) is 1.48. The molecule has 0 aliphatic rings. The summed E-state index contributed by atoms with van der Waals surface area (Å²) in [5, 5.41) is 6.20. The molecule has 24 heavy (non-hydrogen) atoms. The molecule has 0 saturated carbocycles. The van der Waals surface area contributed by atoms with Crippen molar-refractivity contribution in [1.29, 1.82) is 0 Å². The quantitative estimate of drug-likeness (QED) is 0.213. The first-order valence-corrected chi connectivity index (χ1v) is 13.7. The second kappa shape index (κ2) is 7.65. The number of nitrogens with one attached hydrogen (secondary N) is 2. The molecule has 0 atom stereocenters. The van der Waals surface area contributed by atoms with Crippen molar-refractivity contribution in [3.63, 3.8) is 0 Å². The third-order valence-corrected chi connectivity index (χ3v) is 7.26. The molecule has 8 nitrogen and oxygen atoms in total. The van der Waals surface area contributed by atoms with Crippen LogP contribution in [0.2, 0.25) is 0 Å². The van der Waals surface area contributed by atoms with E-state index in [2.05, 4.69) is 10.6 Å². The van der Waals surface area contributed by atoms with Crippen LogP contribution in [0.4, 0.5) is 11.4 Å². The van der Waals surface area contributed by atoms with Gasteiger partial charge in [0.05, 0.1) is 0 Å². The number of hydrogen-bond donors (Lipinski definition) is 6. The Kier molecular flexibility index (Phi) is 6.04. The van der Waals surface area contributed by atoms with Crippen LogP contribution in [0.3, 0.4) is 0 Å². The Balaban J connectivity index is 1.81. The Hall–Kier alpha value is -1.40. The minimum atomic E-state index is -4.83. The first-order chi connectivity index (χ1) is 11.2. The van der Waals surface area contributed by atoms with Crippen molar-refractivity contribution in [2.45, 2.75) is 0 Å². The summed E-state index contributed by atoms with van der Waals surface area (Å²) in [4.78, 5) is 0. The van der Waals surface area contributed by atoms with E-state index in [9.17, 15) is 7.48 Å². The van der Waals surface area contributed by atoms with E-state index in [1.807, 2.05) is 0 Å². The van der Waals surface area contributed by atoms with Gasteiger partial charge in [-0.05, 0) is 0 Å². The number of benzene rings is 2. The molecule has 0 bridgehead atoms. The summed E-state index contributed by atoms with van der Waals surface area (Å²) in [6, 6.07) is 12.0. The van der Waals surface area contributed by atoms with E-state index in [0.717, 1.165) is 11.4 Å². The van der Waals surface area contributed by atoms with Gasteiger partial charge in [-0.2, -0.15) is 0 Å². The molecule has 0 amide bonds. The fourth-order valence-electron chi connectivity index (χ4n) is 1.96. The van der Waals surface area contributed by atoms with Crippen LogP contribution in [0.25, 0.3) is 0 Å². The van der Waals surface area contributed by atoms with E-state index in [4.69, 9.17) is 16.4 Å². The van der Waals surface area contributed by atoms with Gasteiger partial charge in [-0.15, -0.1) is 0 Å². The Morgan fingerprint density at radius 1 is 0.625 bits per heavy atom. The molecule has 2 rings (SSSR count). The van der Waals surface area contributed by atoms with Gasteiger partial charge in [0.1, 0.15) is 0 Å². The predicted molar refractivity (Wildman–Crippen MR) is 90.9 cm³/mol. The topological polar surface area (TPSA) is 139 Å². The fourth-order valence-corrected chi connectivity index (χ4v) is 4.22. The normalized spacial score (nSPS) is 12.0. The molecule has 2 aromatic rings. The van der Waals surface area contributed by atoms with Crippen LogP contribution in [0.15, 0.2) is 48.5 Å². The zero-order valence-electron chi connectivity index (χ0n) is 12.5. The molecule has 6 N–H and O–H groups in total. The van der Waals surface area contributed by atoms with Crippen molar-refractivity contribution in [3.05, 3.63) is 48.5 Å². The third kappa shape index (κ3) is 5.60. The van der Waals surface area contributed by atoms with Crippen LogP contribution in [0, 0.1) is 0 Å². The molecule has 0 heterocycles.